The summed E-state index contributed by atoms with van der Waals surface area (Å²) in [5, 5.41) is 16.8. The van der Waals surface area contributed by atoms with E-state index >= 15 is 0 Å². The van der Waals surface area contributed by atoms with Crippen LogP contribution in [0.4, 0.5) is 0 Å². The lowest BCUT2D eigenvalue weighted by molar-refractivity contribution is 0.0170. The average molecular weight is 570 g/mol. The van der Waals surface area contributed by atoms with E-state index in [9.17, 15) is 5.11 Å². The number of aliphatic imine (C=N–C) groups is 1. The second kappa shape index (κ2) is 14.1. The number of aromatic hydroxyl groups is 1. The summed E-state index contributed by atoms with van der Waals surface area (Å²) in [6.07, 6.45) is 0. The second-order valence-corrected chi connectivity index (χ2v) is 7.52. The number of ether oxygens (including phenoxy) is 3. The summed E-state index contributed by atoms with van der Waals surface area (Å²) < 4.78 is 16.0. The van der Waals surface area contributed by atoms with E-state index in [1.807, 2.05) is 25.1 Å². The molecule has 0 saturated carbocycles. The van der Waals surface area contributed by atoms with Crippen LogP contribution >= 0.6 is 24.0 Å². The zero-order valence-corrected chi connectivity index (χ0v) is 21.9. The predicted octanol–water partition coefficient (Wildman–Crippen LogP) is 3.16. The van der Waals surface area contributed by atoms with Gasteiger partial charge in [-0.2, -0.15) is 0 Å². The Hall–Kier alpha value is -2.24. The van der Waals surface area contributed by atoms with Gasteiger partial charge in [0.05, 0.1) is 40.0 Å². The summed E-state index contributed by atoms with van der Waals surface area (Å²) in [7, 11) is 3.21. The van der Waals surface area contributed by atoms with Crippen molar-refractivity contribution in [3.8, 4) is 17.2 Å². The number of methoxy groups -OCH3 is 2. The van der Waals surface area contributed by atoms with Crippen molar-refractivity contribution in [2.45, 2.75) is 19.5 Å². The van der Waals surface area contributed by atoms with Gasteiger partial charge in [-0.05, 0) is 42.3 Å². The van der Waals surface area contributed by atoms with Crippen LogP contribution in [0.25, 0.3) is 0 Å². The molecule has 0 amide bonds. The molecule has 9 heteroatoms. The van der Waals surface area contributed by atoms with Gasteiger partial charge >= 0.3 is 0 Å². The maximum atomic E-state index is 10.0. The molecule has 1 unspecified atom stereocenters. The van der Waals surface area contributed by atoms with Crippen molar-refractivity contribution < 1.29 is 19.3 Å². The zero-order chi connectivity index (χ0) is 22.8. The van der Waals surface area contributed by atoms with Gasteiger partial charge in [0, 0.05) is 26.2 Å². The number of halogens is 1. The number of morpholine rings is 1. The molecule has 0 aromatic heterocycles. The highest BCUT2D eigenvalue weighted by atomic mass is 127. The molecule has 0 bridgehead atoms. The van der Waals surface area contributed by atoms with E-state index in [2.05, 4.69) is 27.7 Å². The third-order valence-electron chi connectivity index (χ3n) is 5.46. The van der Waals surface area contributed by atoms with Crippen molar-refractivity contribution >= 4 is 29.9 Å². The van der Waals surface area contributed by atoms with E-state index in [1.54, 1.807) is 19.2 Å². The average Bonchev–Trinajstić information content (AvgIpc) is 2.83. The van der Waals surface area contributed by atoms with Crippen LogP contribution in [0.3, 0.4) is 0 Å². The van der Waals surface area contributed by atoms with Crippen LogP contribution in [0.15, 0.2) is 47.5 Å². The number of nitrogens with one attached hydrogen (secondary N) is 2. The molecule has 1 aliphatic rings. The highest BCUT2D eigenvalue weighted by molar-refractivity contribution is 14.0. The smallest absolute Gasteiger partial charge is 0.191 e. The number of nitrogens with zero attached hydrogens (tertiary/aromatic N) is 2. The molecule has 3 rings (SSSR count). The van der Waals surface area contributed by atoms with Gasteiger partial charge in [0.15, 0.2) is 17.5 Å². The van der Waals surface area contributed by atoms with E-state index < -0.39 is 0 Å². The van der Waals surface area contributed by atoms with Crippen LogP contribution in [-0.2, 0) is 11.3 Å². The third kappa shape index (κ3) is 7.94. The molecule has 3 N–H and O–H groups in total. The number of guanidine groups is 1. The monoisotopic (exact) mass is 570 g/mol. The summed E-state index contributed by atoms with van der Waals surface area (Å²) in [6, 6.07) is 13.7. The summed E-state index contributed by atoms with van der Waals surface area (Å²) in [5.41, 5.74) is 2.12. The van der Waals surface area contributed by atoms with E-state index in [-0.39, 0.29) is 35.8 Å². The lowest BCUT2D eigenvalue weighted by Crippen LogP contribution is -2.46. The minimum atomic E-state index is 0. The fourth-order valence-corrected chi connectivity index (χ4v) is 3.71. The van der Waals surface area contributed by atoms with Crippen LogP contribution in [0.5, 0.6) is 17.2 Å². The Bertz CT molecular complexity index is 873. The molecule has 0 aliphatic carbocycles. The van der Waals surface area contributed by atoms with Crippen LogP contribution in [0.1, 0.15) is 24.1 Å². The minimum Gasteiger partial charge on any atom is -0.504 e. The van der Waals surface area contributed by atoms with Gasteiger partial charge in [-0.15, -0.1) is 24.0 Å². The molecule has 182 valence electrons. The number of phenolic OH excluding ortho intramolecular Hbond substituents is 1. The topological polar surface area (TPSA) is 87.6 Å². The Balaban J connectivity index is 0.00000385. The summed E-state index contributed by atoms with van der Waals surface area (Å²) in [6.45, 7) is 7.19. The van der Waals surface area contributed by atoms with Gasteiger partial charge in [-0.1, -0.05) is 18.2 Å². The zero-order valence-electron chi connectivity index (χ0n) is 19.5. The molecule has 2 aromatic carbocycles. The molecule has 1 saturated heterocycles. The van der Waals surface area contributed by atoms with Crippen LogP contribution < -0.4 is 20.1 Å². The Morgan fingerprint density at radius 3 is 2.42 bits per heavy atom. The van der Waals surface area contributed by atoms with Gasteiger partial charge < -0.3 is 30.0 Å². The SMILES string of the molecule is CCNC(=NCc1ccc(OC)c(O)c1)NCC(c1ccc(OC)cc1)N1CCOCC1.I. The van der Waals surface area contributed by atoms with Gasteiger partial charge in [-0.25, -0.2) is 4.99 Å². The van der Waals surface area contributed by atoms with E-state index in [1.165, 1.54) is 12.7 Å². The minimum absolute atomic E-state index is 0. The lowest BCUT2D eigenvalue weighted by Gasteiger charge is -2.35. The van der Waals surface area contributed by atoms with Crippen LogP contribution in [0.2, 0.25) is 0 Å². The molecule has 2 aromatic rings. The van der Waals surface area contributed by atoms with Gasteiger partial charge in [-0.3, -0.25) is 4.90 Å². The van der Waals surface area contributed by atoms with E-state index in [4.69, 9.17) is 19.2 Å². The van der Waals surface area contributed by atoms with Crippen molar-refractivity contribution in [3.63, 3.8) is 0 Å². The fraction of sp³-hybridized carbons (Fsp3) is 0.458. The van der Waals surface area contributed by atoms with Crippen molar-refractivity contribution in [1.29, 1.82) is 0 Å². The van der Waals surface area contributed by atoms with Crippen molar-refractivity contribution in [2.24, 2.45) is 4.99 Å². The number of benzene rings is 2. The maximum absolute atomic E-state index is 10.0. The first kappa shape index (κ1) is 27.0. The molecule has 8 nitrogen and oxygen atoms in total. The number of rotatable bonds is 9. The van der Waals surface area contributed by atoms with Crippen LogP contribution in [0, 0.1) is 0 Å². The lowest BCUT2D eigenvalue weighted by atomic mass is 10.0. The molecule has 1 fully saturated rings. The first-order chi connectivity index (χ1) is 15.6. The van der Waals surface area contributed by atoms with Gasteiger partial charge in [0.1, 0.15) is 5.75 Å². The first-order valence-corrected chi connectivity index (χ1v) is 11.0. The maximum Gasteiger partial charge on any atom is 0.191 e. The molecular weight excluding hydrogens is 535 g/mol. The van der Waals surface area contributed by atoms with Gasteiger partial charge in [0.25, 0.3) is 0 Å². The van der Waals surface area contributed by atoms with E-state index in [0.29, 0.717) is 18.8 Å². The normalized spacial score (nSPS) is 15.3. The Morgan fingerprint density at radius 1 is 1.09 bits per heavy atom. The highest BCUT2D eigenvalue weighted by Gasteiger charge is 2.23. The summed E-state index contributed by atoms with van der Waals surface area (Å²) >= 11 is 0. The summed E-state index contributed by atoms with van der Waals surface area (Å²) in [5.74, 6) is 2.15. The largest absolute Gasteiger partial charge is 0.504 e. The fourth-order valence-electron chi connectivity index (χ4n) is 3.71. The Labute approximate surface area is 213 Å². The van der Waals surface area contributed by atoms with Gasteiger partial charge in [0.2, 0.25) is 0 Å². The quantitative estimate of drug-likeness (QED) is 0.243. The van der Waals surface area contributed by atoms with E-state index in [0.717, 1.165) is 50.1 Å². The molecule has 1 atom stereocenters. The van der Waals surface area contributed by atoms with Crippen molar-refractivity contribution in [2.75, 3.05) is 53.6 Å². The molecule has 0 spiro atoms. The highest BCUT2D eigenvalue weighted by Crippen LogP contribution is 2.26. The van der Waals surface area contributed by atoms with Crippen LogP contribution in [-0.4, -0.2) is 69.6 Å². The summed E-state index contributed by atoms with van der Waals surface area (Å²) in [4.78, 5) is 7.13. The Kier molecular flexibility index (Phi) is 11.6. The molecule has 1 aliphatic heterocycles. The molecule has 0 radical (unpaired) electrons. The molecule has 33 heavy (non-hydrogen) atoms. The third-order valence-corrected chi connectivity index (χ3v) is 5.46. The molecule has 1 heterocycles. The molecular formula is C24H35IN4O4. The second-order valence-electron chi connectivity index (χ2n) is 7.52. The number of hydrogen-bond donors (Lipinski definition) is 3. The standard InChI is InChI=1S/C24H34N4O4.HI/c1-4-25-24(26-16-18-5-10-23(31-3)22(29)15-18)27-17-21(28-11-13-32-14-12-28)19-6-8-20(30-2)9-7-19;/h5-10,15,21,29H,4,11-14,16-17H2,1-3H3,(H2,25,26,27);1H. The number of phenols is 1. The first-order valence-electron chi connectivity index (χ1n) is 11.0. The number of hydrogen-bond acceptors (Lipinski definition) is 6. The van der Waals surface area contributed by atoms with Crippen molar-refractivity contribution in [3.05, 3.63) is 53.6 Å². The predicted molar refractivity (Wildman–Crippen MR) is 141 cm³/mol. The van der Waals surface area contributed by atoms with Crippen molar-refractivity contribution in [1.82, 2.24) is 15.5 Å². The Morgan fingerprint density at radius 2 is 1.82 bits per heavy atom.